The minimum absolute atomic E-state index is 0.0802. The molecular formula is C33H49NO3. The van der Waals surface area contributed by atoms with Crippen LogP contribution in [0, 0.1) is 28.6 Å². The van der Waals surface area contributed by atoms with E-state index in [2.05, 4.69) is 70.3 Å². The first-order valence-corrected chi connectivity index (χ1v) is 15.0. The highest BCUT2D eigenvalue weighted by molar-refractivity contribution is 5.82. The zero-order valence-electron chi connectivity index (χ0n) is 23.8. The number of benzene rings is 1. The number of hydrogen-bond donors (Lipinski definition) is 2. The zero-order chi connectivity index (χ0) is 26.4. The SMILES string of the molecule is CCC(NC(C)C)c1cccc(OCC[C@]23CCC4C(CC=C5CC(=O)CC[C@@]54C)C2CCC3(C)O)c1. The molecular weight excluding hydrogens is 458 g/mol. The highest BCUT2D eigenvalue weighted by Gasteiger charge is 2.63. The van der Waals surface area contributed by atoms with Crippen LogP contribution in [0.2, 0.25) is 0 Å². The van der Waals surface area contributed by atoms with Crippen molar-refractivity contribution in [2.75, 3.05) is 6.61 Å². The van der Waals surface area contributed by atoms with Crippen LogP contribution in [0.4, 0.5) is 0 Å². The Kier molecular flexibility index (Phi) is 7.39. The molecule has 5 rings (SSSR count). The standard InChI is InChI=1S/C33H49NO3/c1-6-30(34-22(2)3)23-8-7-9-26(20-23)37-19-18-33-17-14-28-27(29(33)13-16-32(33,5)36)11-10-24-21-25(35)12-15-31(24,28)4/h7-10,20,22,27-30,34,36H,6,11-19,21H2,1-5H3/t27?,28?,29?,30?,31-,32?,33+/m0/s1. The van der Waals surface area contributed by atoms with Crippen molar-refractivity contribution in [3.63, 3.8) is 0 Å². The predicted molar refractivity (Wildman–Crippen MR) is 150 cm³/mol. The van der Waals surface area contributed by atoms with E-state index in [1.54, 1.807) is 0 Å². The van der Waals surface area contributed by atoms with Gasteiger partial charge < -0.3 is 15.2 Å². The Balaban J connectivity index is 1.32. The fourth-order valence-corrected chi connectivity index (χ4v) is 9.14. The van der Waals surface area contributed by atoms with E-state index in [-0.39, 0.29) is 10.8 Å². The maximum Gasteiger partial charge on any atom is 0.136 e. The number of hydrogen-bond acceptors (Lipinski definition) is 4. The molecule has 0 aromatic heterocycles. The molecule has 1 aromatic rings. The molecule has 37 heavy (non-hydrogen) atoms. The Morgan fingerprint density at radius 3 is 2.68 bits per heavy atom. The van der Waals surface area contributed by atoms with E-state index in [1.807, 2.05) is 0 Å². The van der Waals surface area contributed by atoms with Gasteiger partial charge in [0.2, 0.25) is 0 Å². The third kappa shape index (κ3) is 4.71. The highest BCUT2D eigenvalue weighted by atomic mass is 16.5. The minimum Gasteiger partial charge on any atom is -0.494 e. The van der Waals surface area contributed by atoms with E-state index in [1.165, 1.54) is 11.1 Å². The predicted octanol–water partition coefficient (Wildman–Crippen LogP) is 7.17. The molecule has 4 aliphatic carbocycles. The van der Waals surface area contributed by atoms with Crippen LogP contribution in [-0.2, 0) is 4.79 Å². The number of nitrogens with one attached hydrogen (secondary N) is 1. The number of rotatable bonds is 8. The van der Waals surface area contributed by atoms with Crippen LogP contribution in [0.15, 0.2) is 35.9 Å². The van der Waals surface area contributed by atoms with Gasteiger partial charge in [-0.2, -0.15) is 0 Å². The summed E-state index contributed by atoms with van der Waals surface area (Å²) in [6.45, 7) is 11.8. The van der Waals surface area contributed by atoms with Crippen LogP contribution in [-0.4, -0.2) is 29.1 Å². The number of ether oxygens (including phenoxy) is 1. The van der Waals surface area contributed by atoms with Crippen LogP contribution in [0.3, 0.4) is 0 Å². The van der Waals surface area contributed by atoms with Gasteiger partial charge in [-0.3, -0.25) is 4.79 Å². The summed E-state index contributed by atoms with van der Waals surface area (Å²) in [6, 6.07) is 9.34. The van der Waals surface area contributed by atoms with Gasteiger partial charge >= 0.3 is 0 Å². The highest BCUT2D eigenvalue weighted by Crippen LogP contribution is 2.68. The summed E-state index contributed by atoms with van der Waals surface area (Å²) in [4.78, 5) is 12.2. The van der Waals surface area contributed by atoms with Crippen molar-refractivity contribution in [3.8, 4) is 5.75 Å². The summed E-state index contributed by atoms with van der Waals surface area (Å²) < 4.78 is 6.41. The van der Waals surface area contributed by atoms with Crippen molar-refractivity contribution in [2.45, 2.75) is 117 Å². The monoisotopic (exact) mass is 507 g/mol. The third-order valence-electron chi connectivity index (χ3n) is 11.2. The minimum atomic E-state index is -0.643. The third-order valence-corrected chi connectivity index (χ3v) is 11.2. The molecule has 4 aliphatic rings. The molecule has 1 aromatic carbocycles. The van der Waals surface area contributed by atoms with Crippen LogP contribution >= 0.6 is 0 Å². The van der Waals surface area contributed by atoms with Crippen molar-refractivity contribution in [3.05, 3.63) is 41.5 Å². The number of ketones is 1. The molecule has 3 saturated carbocycles. The molecule has 0 aliphatic heterocycles. The zero-order valence-corrected chi connectivity index (χ0v) is 23.8. The normalized spacial score (nSPS) is 38.0. The molecule has 0 saturated heterocycles. The van der Waals surface area contributed by atoms with Gasteiger partial charge in [0.1, 0.15) is 11.5 Å². The Labute approximate surface area is 224 Å². The molecule has 5 unspecified atom stereocenters. The molecule has 4 heteroatoms. The van der Waals surface area contributed by atoms with Gasteiger partial charge in [0.25, 0.3) is 0 Å². The van der Waals surface area contributed by atoms with Crippen molar-refractivity contribution >= 4 is 5.78 Å². The summed E-state index contributed by atoms with van der Waals surface area (Å²) >= 11 is 0. The maximum absolute atomic E-state index is 12.2. The van der Waals surface area contributed by atoms with E-state index in [0.29, 0.717) is 48.6 Å². The fourth-order valence-electron chi connectivity index (χ4n) is 9.14. The van der Waals surface area contributed by atoms with Crippen LogP contribution in [0.25, 0.3) is 0 Å². The molecule has 0 bridgehead atoms. The lowest BCUT2D eigenvalue weighted by Crippen LogP contribution is -2.55. The average molecular weight is 508 g/mol. The molecule has 204 valence electrons. The van der Waals surface area contributed by atoms with Crippen molar-refractivity contribution in [1.29, 1.82) is 0 Å². The second kappa shape index (κ2) is 10.2. The van der Waals surface area contributed by atoms with Gasteiger partial charge in [0, 0.05) is 30.3 Å². The van der Waals surface area contributed by atoms with E-state index in [9.17, 15) is 9.90 Å². The van der Waals surface area contributed by atoms with Gasteiger partial charge in [-0.05, 0) is 99.2 Å². The van der Waals surface area contributed by atoms with Crippen LogP contribution in [0.1, 0.15) is 110 Å². The lowest BCUT2D eigenvalue weighted by Gasteiger charge is -2.59. The lowest BCUT2D eigenvalue weighted by molar-refractivity contribution is -0.135. The summed E-state index contributed by atoms with van der Waals surface area (Å²) in [5.41, 5.74) is 2.15. The summed E-state index contributed by atoms with van der Waals surface area (Å²) in [5, 5.41) is 15.4. The Hall–Kier alpha value is -1.65. The first-order valence-electron chi connectivity index (χ1n) is 15.0. The van der Waals surface area contributed by atoms with Crippen LogP contribution in [0.5, 0.6) is 5.75 Å². The molecule has 0 amide bonds. The first kappa shape index (κ1) is 26.9. The second-order valence-corrected chi connectivity index (χ2v) is 13.4. The quantitative estimate of drug-likeness (QED) is 0.366. The molecule has 2 N–H and O–H groups in total. The number of fused-ring (bicyclic) bond motifs is 5. The number of carbonyl (C=O) groups is 1. The first-order chi connectivity index (χ1) is 17.6. The molecule has 3 fully saturated rings. The van der Waals surface area contributed by atoms with Gasteiger partial charge in [-0.15, -0.1) is 0 Å². The van der Waals surface area contributed by atoms with E-state index in [4.69, 9.17) is 4.74 Å². The van der Waals surface area contributed by atoms with Gasteiger partial charge in [0.05, 0.1) is 12.2 Å². The van der Waals surface area contributed by atoms with Crippen molar-refractivity contribution < 1.29 is 14.6 Å². The summed E-state index contributed by atoms with van der Waals surface area (Å²) in [6.07, 6.45) is 12.1. The molecule has 7 atom stereocenters. The smallest absolute Gasteiger partial charge is 0.136 e. The van der Waals surface area contributed by atoms with Crippen molar-refractivity contribution in [2.24, 2.45) is 28.6 Å². The lowest BCUT2D eigenvalue weighted by atomic mass is 9.46. The second-order valence-electron chi connectivity index (χ2n) is 13.4. The van der Waals surface area contributed by atoms with E-state index >= 15 is 0 Å². The van der Waals surface area contributed by atoms with Crippen LogP contribution < -0.4 is 10.1 Å². The van der Waals surface area contributed by atoms with Gasteiger partial charge in [-0.1, -0.05) is 51.5 Å². The Morgan fingerprint density at radius 2 is 1.92 bits per heavy atom. The van der Waals surface area contributed by atoms with Crippen molar-refractivity contribution in [1.82, 2.24) is 5.32 Å². The number of Topliss-reactive ketones (excluding diaryl/α,β-unsaturated/α-hetero) is 1. The Morgan fingerprint density at radius 1 is 1.14 bits per heavy atom. The molecule has 0 heterocycles. The average Bonchev–Trinajstić information content (AvgIpc) is 3.13. The molecule has 0 radical (unpaired) electrons. The number of allylic oxidation sites excluding steroid dienone is 2. The van der Waals surface area contributed by atoms with Gasteiger partial charge in [-0.25, -0.2) is 0 Å². The summed E-state index contributed by atoms with van der Waals surface area (Å²) in [7, 11) is 0. The molecule has 4 nitrogen and oxygen atoms in total. The largest absolute Gasteiger partial charge is 0.494 e. The topological polar surface area (TPSA) is 58.6 Å². The summed E-state index contributed by atoms with van der Waals surface area (Å²) in [5.74, 6) is 3.14. The van der Waals surface area contributed by atoms with E-state index in [0.717, 1.165) is 63.5 Å². The maximum atomic E-state index is 12.2. The fraction of sp³-hybridized carbons (Fsp3) is 0.727. The van der Waals surface area contributed by atoms with Gasteiger partial charge in [0.15, 0.2) is 0 Å². The number of carbonyl (C=O) groups excluding carboxylic acids is 1. The number of aliphatic hydroxyl groups is 1. The van der Waals surface area contributed by atoms with E-state index < -0.39 is 5.60 Å². The Bertz CT molecular complexity index is 1030. The molecule has 0 spiro atoms.